The van der Waals surface area contributed by atoms with Crippen LogP contribution >= 0.6 is 24.4 Å². The van der Waals surface area contributed by atoms with E-state index in [-0.39, 0.29) is 19.5 Å². The summed E-state index contributed by atoms with van der Waals surface area (Å²) in [6.45, 7) is 5.59. The summed E-state index contributed by atoms with van der Waals surface area (Å²) < 4.78 is 5.29. The number of rotatable bonds is 4. The van der Waals surface area contributed by atoms with Crippen LogP contribution in [-0.4, -0.2) is 65.8 Å². The zero-order chi connectivity index (χ0) is 16.5. The number of hydrogen-bond acceptors (Lipinski definition) is 6. The average Bonchev–Trinajstić information content (AvgIpc) is 2.55. The molecule has 0 aliphatic carbocycles. The number of morpholine rings is 1. The van der Waals surface area contributed by atoms with E-state index in [0.717, 1.165) is 45.1 Å². The molecule has 1 aliphatic heterocycles. The first kappa shape index (κ1) is 24.2. The van der Waals surface area contributed by atoms with Gasteiger partial charge in [0.2, 0.25) is 0 Å². The van der Waals surface area contributed by atoms with Crippen LogP contribution in [-0.2, 0) is 24.2 Å². The molecule has 0 unspecified atom stereocenters. The molecule has 1 saturated heterocycles. The van der Waals surface area contributed by atoms with Crippen LogP contribution in [0.3, 0.4) is 0 Å². The molecule has 2 rings (SSSR count). The van der Waals surface area contributed by atoms with Gasteiger partial charge in [-0.2, -0.15) is 10.3 Å². The van der Waals surface area contributed by atoms with Gasteiger partial charge in [0, 0.05) is 32.0 Å². The molecule has 0 N–H and O–H groups in total. The molecule has 118 valence electrons. The summed E-state index contributed by atoms with van der Waals surface area (Å²) in [7, 11) is 0. The minimum atomic E-state index is 0. The van der Waals surface area contributed by atoms with Crippen LogP contribution < -0.4 is 0 Å². The van der Waals surface area contributed by atoms with Crippen molar-refractivity contribution >= 4 is 41.0 Å². The molecule has 1 fully saturated rings. The van der Waals surface area contributed by atoms with E-state index in [1.54, 1.807) is 6.20 Å². The van der Waals surface area contributed by atoms with Crippen LogP contribution in [0.4, 0.5) is 0 Å². The van der Waals surface area contributed by atoms with Crippen molar-refractivity contribution in [1.29, 1.82) is 0 Å². The van der Waals surface area contributed by atoms with E-state index < -0.39 is 0 Å². The first-order valence-electron chi connectivity index (χ1n) is 6.52. The number of nitrogens with zero attached hydrogens (tertiary/aromatic N) is 5. The number of thiocarbonyl (C=S) groups is 2. The van der Waals surface area contributed by atoms with Gasteiger partial charge in [0.15, 0.2) is 0 Å². The number of aliphatic imine (C=N–C) groups is 1. The van der Waals surface area contributed by atoms with Crippen molar-refractivity contribution in [3.63, 3.8) is 0 Å². The molecule has 1 aromatic rings. The van der Waals surface area contributed by atoms with E-state index in [1.807, 2.05) is 24.4 Å². The maximum absolute atomic E-state index is 7.13. The first-order chi connectivity index (χ1) is 10.8. The molecule has 0 spiro atoms. The quantitative estimate of drug-likeness (QED) is 0.439. The fraction of sp³-hybridized carbons (Fsp3) is 0.429. The molecule has 0 atom stereocenters. The molecule has 0 amide bonds. The number of aromatic nitrogens is 1. The third-order valence-corrected chi connectivity index (χ3v) is 2.56. The molecule has 23 heavy (non-hydrogen) atoms. The Morgan fingerprint density at radius 3 is 2.39 bits per heavy atom. The van der Waals surface area contributed by atoms with E-state index in [4.69, 9.17) is 15.6 Å². The third kappa shape index (κ3) is 15.6. The summed E-state index contributed by atoms with van der Waals surface area (Å²) >= 11 is 7.40. The fourth-order valence-corrected chi connectivity index (χ4v) is 1.63. The number of pyridine rings is 1. The first-order valence-corrected chi connectivity index (χ1v) is 7.33. The van der Waals surface area contributed by atoms with Crippen LogP contribution in [0.2, 0.25) is 0 Å². The van der Waals surface area contributed by atoms with E-state index in [9.17, 15) is 0 Å². The van der Waals surface area contributed by atoms with Crippen molar-refractivity contribution in [3.05, 3.63) is 40.9 Å². The van der Waals surface area contributed by atoms with E-state index >= 15 is 0 Å². The molecular formula is C14H17N5OS2Zn. The smallest absolute Gasteiger partial charge is 0.753 e. The fourth-order valence-electron chi connectivity index (χ4n) is 1.63. The predicted molar refractivity (Wildman–Crippen MR) is 95.9 cm³/mol. The monoisotopic (exact) mass is 399 g/mol. The zero-order valence-electron chi connectivity index (χ0n) is 12.8. The van der Waals surface area contributed by atoms with Crippen molar-refractivity contribution in [2.75, 3.05) is 39.4 Å². The molecule has 0 saturated carbocycles. The number of isothiocyanates is 2. The molecule has 9 heteroatoms. The van der Waals surface area contributed by atoms with Gasteiger partial charge in [-0.1, -0.05) is 30.5 Å². The maximum atomic E-state index is 7.13. The van der Waals surface area contributed by atoms with Gasteiger partial charge >= 0.3 is 19.5 Å². The zero-order valence-corrected chi connectivity index (χ0v) is 17.4. The average molecular weight is 401 g/mol. The van der Waals surface area contributed by atoms with Crippen molar-refractivity contribution in [2.24, 2.45) is 4.99 Å². The normalized spacial score (nSPS) is 13.2. The molecule has 2 heterocycles. The van der Waals surface area contributed by atoms with Gasteiger partial charge in [-0.05, 0) is 12.1 Å². The van der Waals surface area contributed by atoms with Crippen LogP contribution in [0.1, 0.15) is 5.69 Å². The standard InChI is InChI=1S/C12H17N3O.2CNS.Zn/c1-2-4-14-12(3-1)11-13-5-6-15-7-9-16-10-8-15;2*2-1-3;/h1-4,11H,5-10H2;;;/q;2*-1;+2. The molecule has 1 aliphatic rings. The van der Waals surface area contributed by atoms with Gasteiger partial charge in [-0.25, -0.2) is 0 Å². The SMILES string of the molecule is C(=NCCN1CCOCC1)c1ccccn1.[N-]=C=S.[N-]=C=S.[Zn+2]. The Morgan fingerprint density at radius 2 is 1.87 bits per heavy atom. The van der Waals surface area contributed by atoms with E-state index in [2.05, 4.69) is 39.3 Å². The van der Waals surface area contributed by atoms with Crippen LogP contribution in [0, 0.1) is 0 Å². The van der Waals surface area contributed by atoms with Crippen molar-refractivity contribution in [2.45, 2.75) is 0 Å². The van der Waals surface area contributed by atoms with E-state index in [1.165, 1.54) is 10.3 Å². The largest absolute Gasteiger partial charge is 2.00 e. The molecule has 1 aromatic heterocycles. The molecule has 0 radical (unpaired) electrons. The minimum Gasteiger partial charge on any atom is -0.753 e. The van der Waals surface area contributed by atoms with Crippen molar-refractivity contribution < 1.29 is 24.2 Å². The van der Waals surface area contributed by atoms with Gasteiger partial charge in [0.05, 0.1) is 25.5 Å². The topological polar surface area (TPSA) is 82.3 Å². The number of ether oxygens (including phenoxy) is 1. The van der Waals surface area contributed by atoms with Crippen LogP contribution in [0.5, 0.6) is 0 Å². The Morgan fingerprint density at radius 1 is 1.26 bits per heavy atom. The van der Waals surface area contributed by atoms with Gasteiger partial charge in [0.1, 0.15) is 0 Å². The summed E-state index contributed by atoms with van der Waals surface area (Å²) in [5.41, 5.74) is 0.921. The Labute approximate surface area is 160 Å². The second-order valence-electron chi connectivity index (χ2n) is 3.93. The Bertz CT molecular complexity index is 471. The predicted octanol–water partition coefficient (Wildman–Crippen LogP) is 2.15. The van der Waals surface area contributed by atoms with Crippen molar-refractivity contribution in [3.8, 4) is 0 Å². The second-order valence-corrected chi connectivity index (χ2v) is 4.29. The number of hydrogen-bond donors (Lipinski definition) is 0. The summed E-state index contributed by atoms with van der Waals surface area (Å²) in [6.07, 6.45) is 3.61. The van der Waals surface area contributed by atoms with Crippen molar-refractivity contribution in [1.82, 2.24) is 9.88 Å². The van der Waals surface area contributed by atoms with Gasteiger partial charge in [0.25, 0.3) is 0 Å². The Kier molecular flexibility index (Phi) is 20.0. The summed E-state index contributed by atoms with van der Waals surface area (Å²) in [5.74, 6) is 0. The van der Waals surface area contributed by atoms with Crippen LogP contribution in [0.25, 0.3) is 10.8 Å². The third-order valence-electron chi connectivity index (χ3n) is 2.56. The Balaban J connectivity index is 0. The molecule has 0 bridgehead atoms. The Hall–Kier alpha value is -1.04. The molecule has 0 aromatic carbocycles. The van der Waals surface area contributed by atoms with Gasteiger partial charge in [-0.3, -0.25) is 14.9 Å². The minimum absolute atomic E-state index is 0. The second kappa shape index (κ2) is 19.0. The van der Waals surface area contributed by atoms with Gasteiger partial charge < -0.3 is 15.6 Å². The summed E-state index contributed by atoms with van der Waals surface area (Å²) in [6, 6.07) is 5.83. The maximum Gasteiger partial charge on any atom is 2.00 e. The summed E-state index contributed by atoms with van der Waals surface area (Å²) in [4.78, 5) is 10.9. The molecule has 6 nitrogen and oxygen atoms in total. The summed E-state index contributed by atoms with van der Waals surface area (Å²) in [5, 5.41) is 16.9. The van der Waals surface area contributed by atoms with E-state index in [0.29, 0.717) is 0 Å². The molecular weight excluding hydrogens is 384 g/mol. The van der Waals surface area contributed by atoms with Crippen LogP contribution in [0.15, 0.2) is 29.4 Å². The van der Waals surface area contributed by atoms with Gasteiger partial charge in [-0.15, -0.1) is 0 Å².